The van der Waals surface area contributed by atoms with Crippen LogP contribution in [0.3, 0.4) is 0 Å². The van der Waals surface area contributed by atoms with Crippen LogP contribution in [0.5, 0.6) is 0 Å². The molecule has 1 aliphatic rings. The molecule has 7 nitrogen and oxygen atoms in total. The van der Waals surface area contributed by atoms with Crippen molar-refractivity contribution in [1.82, 2.24) is 20.4 Å². The number of urea groups is 1. The quantitative estimate of drug-likeness (QED) is 0.562. The number of nitrogens with zero attached hydrogens (tertiary/aromatic N) is 2. The Morgan fingerprint density at radius 2 is 2.00 bits per heavy atom. The van der Waals surface area contributed by atoms with Gasteiger partial charge in [0.25, 0.3) is 0 Å². The number of likely N-dealkylation sites (N-methyl/N-ethyl adjacent to an activating group) is 2. The third kappa shape index (κ3) is 6.40. The van der Waals surface area contributed by atoms with Crippen molar-refractivity contribution in [2.75, 3.05) is 46.8 Å². The molecule has 0 aromatic heterocycles. The summed E-state index contributed by atoms with van der Waals surface area (Å²) in [5, 5.41) is 14.0. The minimum atomic E-state index is -0.839. The van der Waals surface area contributed by atoms with E-state index in [0.29, 0.717) is 25.6 Å². The first-order chi connectivity index (χ1) is 8.99. The van der Waals surface area contributed by atoms with Crippen molar-refractivity contribution in [1.29, 1.82) is 0 Å². The average molecular weight is 272 g/mol. The first kappa shape index (κ1) is 15.7. The van der Waals surface area contributed by atoms with Crippen molar-refractivity contribution in [3.63, 3.8) is 0 Å². The third-order valence-electron chi connectivity index (χ3n) is 3.33. The predicted molar refractivity (Wildman–Crippen MR) is 72.2 cm³/mol. The monoisotopic (exact) mass is 272 g/mol. The fraction of sp³-hybridized carbons (Fsp3) is 0.833. The summed E-state index contributed by atoms with van der Waals surface area (Å²) in [6.07, 6.45) is 0.533. The molecule has 3 N–H and O–H groups in total. The first-order valence-corrected chi connectivity index (χ1v) is 6.61. The van der Waals surface area contributed by atoms with Gasteiger partial charge in [0.2, 0.25) is 0 Å². The van der Waals surface area contributed by atoms with Gasteiger partial charge in [-0.1, -0.05) is 0 Å². The highest BCUT2D eigenvalue weighted by molar-refractivity contribution is 5.74. The SMILES string of the molecule is CN1CCN(C)C(CNC(=O)NCCCC(=O)O)C1. The number of hydrogen-bond donors (Lipinski definition) is 3. The van der Waals surface area contributed by atoms with Crippen LogP contribution in [0, 0.1) is 0 Å². The van der Waals surface area contributed by atoms with Gasteiger partial charge in [0.05, 0.1) is 0 Å². The Hall–Kier alpha value is -1.34. The maximum absolute atomic E-state index is 11.5. The zero-order valence-electron chi connectivity index (χ0n) is 11.7. The fourth-order valence-electron chi connectivity index (χ4n) is 2.04. The maximum atomic E-state index is 11.5. The lowest BCUT2D eigenvalue weighted by Crippen LogP contribution is -2.55. The molecule has 1 aliphatic heterocycles. The van der Waals surface area contributed by atoms with Gasteiger partial charge in [-0.2, -0.15) is 0 Å². The zero-order valence-corrected chi connectivity index (χ0v) is 11.7. The lowest BCUT2D eigenvalue weighted by molar-refractivity contribution is -0.137. The van der Waals surface area contributed by atoms with Crippen molar-refractivity contribution >= 4 is 12.0 Å². The Kier molecular flexibility index (Phi) is 6.58. The summed E-state index contributed by atoms with van der Waals surface area (Å²) < 4.78 is 0. The van der Waals surface area contributed by atoms with Gasteiger partial charge in [-0.05, 0) is 20.5 Å². The van der Waals surface area contributed by atoms with Crippen molar-refractivity contribution < 1.29 is 14.7 Å². The van der Waals surface area contributed by atoms with E-state index in [1.54, 1.807) is 0 Å². The Bertz CT molecular complexity index is 311. The van der Waals surface area contributed by atoms with E-state index < -0.39 is 5.97 Å². The van der Waals surface area contributed by atoms with Crippen LogP contribution < -0.4 is 10.6 Å². The summed E-state index contributed by atoms with van der Waals surface area (Å²) in [5.74, 6) is -0.839. The van der Waals surface area contributed by atoms with Crippen molar-refractivity contribution in [3.05, 3.63) is 0 Å². The molecule has 1 fully saturated rings. The Labute approximate surface area is 113 Å². The number of carboxylic acid groups (broad SMARTS) is 1. The molecule has 0 bridgehead atoms. The highest BCUT2D eigenvalue weighted by atomic mass is 16.4. The van der Waals surface area contributed by atoms with Crippen LogP contribution in [-0.2, 0) is 4.79 Å². The highest BCUT2D eigenvalue weighted by Gasteiger charge is 2.22. The lowest BCUT2D eigenvalue weighted by atomic mass is 10.2. The first-order valence-electron chi connectivity index (χ1n) is 6.61. The Morgan fingerprint density at radius 3 is 2.68 bits per heavy atom. The second kappa shape index (κ2) is 7.96. The summed E-state index contributed by atoms with van der Waals surface area (Å²) in [6, 6.07) is 0.0931. The molecule has 0 radical (unpaired) electrons. The van der Waals surface area contributed by atoms with Gasteiger partial charge in [0.1, 0.15) is 0 Å². The number of carbonyl (C=O) groups excluding carboxylic acids is 1. The maximum Gasteiger partial charge on any atom is 0.314 e. The second-order valence-corrected chi connectivity index (χ2v) is 5.03. The van der Waals surface area contributed by atoms with E-state index in [-0.39, 0.29) is 12.5 Å². The van der Waals surface area contributed by atoms with E-state index >= 15 is 0 Å². The van der Waals surface area contributed by atoms with E-state index in [0.717, 1.165) is 19.6 Å². The number of nitrogens with one attached hydrogen (secondary N) is 2. The van der Waals surface area contributed by atoms with E-state index in [2.05, 4.69) is 34.5 Å². The molecule has 1 rings (SSSR count). The lowest BCUT2D eigenvalue weighted by Gasteiger charge is -2.37. The Morgan fingerprint density at radius 1 is 1.26 bits per heavy atom. The highest BCUT2D eigenvalue weighted by Crippen LogP contribution is 2.04. The molecule has 110 valence electrons. The van der Waals surface area contributed by atoms with Crippen LogP contribution in [0.1, 0.15) is 12.8 Å². The molecule has 1 heterocycles. The second-order valence-electron chi connectivity index (χ2n) is 5.03. The number of aliphatic carboxylic acids is 1. The number of carboxylic acids is 1. The molecule has 1 saturated heterocycles. The molecule has 0 aliphatic carbocycles. The van der Waals surface area contributed by atoms with Crippen LogP contribution in [0.25, 0.3) is 0 Å². The normalized spacial score (nSPS) is 21.1. The number of hydrogen-bond acceptors (Lipinski definition) is 4. The van der Waals surface area contributed by atoms with Crippen LogP contribution in [-0.4, -0.2) is 79.8 Å². The largest absolute Gasteiger partial charge is 0.481 e. The molecular weight excluding hydrogens is 248 g/mol. The van der Waals surface area contributed by atoms with Gasteiger partial charge >= 0.3 is 12.0 Å². The van der Waals surface area contributed by atoms with Crippen LogP contribution in [0.15, 0.2) is 0 Å². The molecule has 7 heteroatoms. The fourth-order valence-corrected chi connectivity index (χ4v) is 2.04. The minimum absolute atomic E-state index is 0.0798. The number of rotatable bonds is 6. The molecule has 0 aromatic rings. The van der Waals surface area contributed by atoms with Crippen molar-refractivity contribution in [3.8, 4) is 0 Å². The molecule has 0 saturated carbocycles. The topological polar surface area (TPSA) is 84.9 Å². The van der Waals surface area contributed by atoms with E-state index in [1.165, 1.54) is 0 Å². The van der Waals surface area contributed by atoms with E-state index in [4.69, 9.17) is 5.11 Å². The number of piperazine rings is 1. The van der Waals surface area contributed by atoms with Crippen molar-refractivity contribution in [2.45, 2.75) is 18.9 Å². The predicted octanol–water partition coefficient (Wildman–Crippen LogP) is -0.604. The molecular formula is C12H24N4O3. The molecule has 1 unspecified atom stereocenters. The average Bonchev–Trinajstić information content (AvgIpc) is 2.35. The number of amides is 2. The summed E-state index contributed by atoms with van der Waals surface area (Å²) in [5.41, 5.74) is 0. The van der Waals surface area contributed by atoms with Gasteiger partial charge in [-0.15, -0.1) is 0 Å². The molecule has 0 aromatic carbocycles. The summed E-state index contributed by atoms with van der Waals surface area (Å²) in [7, 11) is 4.14. The smallest absolute Gasteiger partial charge is 0.314 e. The Balaban J connectivity index is 2.13. The van der Waals surface area contributed by atoms with E-state index in [1.807, 2.05) is 0 Å². The van der Waals surface area contributed by atoms with E-state index in [9.17, 15) is 9.59 Å². The molecule has 1 atom stereocenters. The van der Waals surface area contributed by atoms with Crippen molar-refractivity contribution in [2.24, 2.45) is 0 Å². The molecule has 2 amide bonds. The molecule has 19 heavy (non-hydrogen) atoms. The van der Waals surface area contributed by atoms with Crippen LogP contribution in [0.4, 0.5) is 4.79 Å². The van der Waals surface area contributed by atoms with Gasteiger partial charge in [-0.25, -0.2) is 4.79 Å². The van der Waals surface area contributed by atoms with Crippen LogP contribution in [0.2, 0.25) is 0 Å². The number of carbonyl (C=O) groups is 2. The summed E-state index contributed by atoms with van der Waals surface area (Å²) in [4.78, 5) is 26.3. The summed E-state index contributed by atoms with van der Waals surface area (Å²) in [6.45, 7) is 3.98. The van der Waals surface area contributed by atoms with Gasteiger partial charge in [0.15, 0.2) is 0 Å². The van der Waals surface area contributed by atoms with Gasteiger partial charge in [-0.3, -0.25) is 9.69 Å². The third-order valence-corrected chi connectivity index (χ3v) is 3.33. The standard InChI is InChI=1S/C12H24N4O3/c1-15-6-7-16(2)10(9-15)8-14-12(19)13-5-3-4-11(17)18/h10H,3-9H2,1-2H3,(H,17,18)(H2,13,14,19). The van der Waals surface area contributed by atoms with Gasteiger partial charge in [0, 0.05) is 45.2 Å². The van der Waals surface area contributed by atoms with Gasteiger partial charge < -0.3 is 20.6 Å². The zero-order chi connectivity index (χ0) is 14.3. The van der Waals surface area contributed by atoms with Crippen LogP contribution >= 0.6 is 0 Å². The molecule has 0 spiro atoms. The summed E-state index contributed by atoms with van der Waals surface area (Å²) >= 11 is 0. The minimum Gasteiger partial charge on any atom is -0.481 e.